The zero-order chi connectivity index (χ0) is 18.9. The van der Waals surface area contributed by atoms with Crippen molar-refractivity contribution in [3.05, 3.63) is 35.9 Å². The lowest BCUT2D eigenvalue weighted by molar-refractivity contribution is -0.134. The smallest absolute Gasteiger partial charge is 0.249 e. The van der Waals surface area contributed by atoms with E-state index in [1.807, 2.05) is 30.3 Å². The van der Waals surface area contributed by atoms with Gasteiger partial charge in [0.05, 0.1) is 13.2 Å². The van der Waals surface area contributed by atoms with E-state index in [4.69, 9.17) is 9.16 Å². The number of benzene rings is 1. The largest absolute Gasteiger partial charge is 0.415 e. The van der Waals surface area contributed by atoms with Crippen molar-refractivity contribution in [2.24, 2.45) is 0 Å². The van der Waals surface area contributed by atoms with Crippen molar-refractivity contribution in [3.8, 4) is 0 Å². The molecular formula is C19H33NO4Si. The van der Waals surface area contributed by atoms with Gasteiger partial charge in [0.25, 0.3) is 0 Å². The molecule has 5 nitrogen and oxygen atoms in total. The van der Waals surface area contributed by atoms with Gasteiger partial charge >= 0.3 is 0 Å². The average Bonchev–Trinajstić information content (AvgIpc) is 2.55. The molecule has 2 N–H and O–H groups in total. The number of carbonyl (C=O) groups excluding carboxylic acids is 1. The van der Waals surface area contributed by atoms with E-state index in [2.05, 4.69) is 39.2 Å². The van der Waals surface area contributed by atoms with Crippen LogP contribution in [-0.4, -0.2) is 45.2 Å². The second-order valence-corrected chi connectivity index (χ2v) is 12.5. The third kappa shape index (κ3) is 7.69. The van der Waals surface area contributed by atoms with Crippen LogP contribution in [0.2, 0.25) is 18.1 Å². The molecule has 6 heteroatoms. The van der Waals surface area contributed by atoms with E-state index in [9.17, 15) is 9.90 Å². The summed E-state index contributed by atoms with van der Waals surface area (Å²) in [5, 5.41) is 12.2. The summed E-state index contributed by atoms with van der Waals surface area (Å²) < 4.78 is 11.7. The third-order valence-corrected chi connectivity index (χ3v) is 9.19. The van der Waals surface area contributed by atoms with E-state index >= 15 is 0 Å². The van der Waals surface area contributed by atoms with Gasteiger partial charge in [0.2, 0.25) is 5.91 Å². The Morgan fingerprint density at radius 2 is 1.88 bits per heavy atom. The van der Waals surface area contributed by atoms with Gasteiger partial charge in [-0.05, 0) is 23.7 Å². The molecule has 1 rings (SSSR count). The topological polar surface area (TPSA) is 67.8 Å². The first kappa shape index (κ1) is 21.8. The van der Waals surface area contributed by atoms with Crippen LogP contribution >= 0.6 is 0 Å². The summed E-state index contributed by atoms with van der Waals surface area (Å²) in [4.78, 5) is 12.3. The molecule has 1 amide bonds. The molecule has 0 saturated heterocycles. The van der Waals surface area contributed by atoms with Gasteiger partial charge in [-0.25, -0.2) is 0 Å². The Bertz CT molecular complexity index is 514. The van der Waals surface area contributed by atoms with Crippen LogP contribution in [0.25, 0.3) is 0 Å². The van der Waals surface area contributed by atoms with Gasteiger partial charge in [-0.2, -0.15) is 0 Å². The zero-order valence-electron chi connectivity index (χ0n) is 16.2. The molecule has 0 fully saturated rings. The maximum Gasteiger partial charge on any atom is 0.249 e. The highest BCUT2D eigenvalue weighted by Crippen LogP contribution is 2.36. The fourth-order valence-electron chi connectivity index (χ4n) is 1.99. The quantitative estimate of drug-likeness (QED) is 0.492. The van der Waals surface area contributed by atoms with E-state index < -0.39 is 14.4 Å². The maximum atomic E-state index is 12.3. The van der Waals surface area contributed by atoms with Crippen molar-refractivity contribution in [2.75, 3.05) is 19.8 Å². The molecule has 0 heterocycles. The fourth-order valence-corrected chi connectivity index (χ4v) is 3.03. The molecule has 25 heavy (non-hydrogen) atoms. The van der Waals surface area contributed by atoms with Crippen molar-refractivity contribution >= 4 is 14.2 Å². The lowest BCUT2D eigenvalue weighted by Crippen LogP contribution is -2.44. The molecule has 0 aliphatic rings. The molecule has 0 aliphatic heterocycles. The number of aliphatic hydroxyl groups is 1. The van der Waals surface area contributed by atoms with Gasteiger partial charge in [0.15, 0.2) is 8.32 Å². The average molecular weight is 368 g/mol. The van der Waals surface area contributed by atoms with Crippen molar-refractivity contribution in [1.82, 2.24) is 5.32 Å². The van der Waals surface area contributed by atoms with Crippen LogP contribution in [0.4, 0.5) is 0 Å². The molecule has 1 aromatic carbocycles. The molecule has 0 saturated carbocycles. The fraction of sp³-hybridized carbons (Fsp3) is 0.632. The minimum Gasteiger partial charge on any atom is -0.415 e. The Morgan fingerprint density at radius 3 is 2.44 bits per heavy atom. The van der Waals surface area contributed by atoms with Gasteiger partial charge < -0.3 is 19.6 Å². The Hall–Kier alpha value is -1.21. The maximum absolute atomic E-state index is 12.3. The molecule has 0 aromatic heterocycles. The first-order valence-electron chi connectivity index (χ1n) is 8.85. The number of carbonyl (C=O) groups is 1. The Balaban J connectivity index is 2.41. The van der Waals surface area contributed by atoms with E-state index in [1.165, 1.54) is 0 Å². The molecule has 0 unspecified atom stereocenters. The minimum atomic E-state index is -1.80. The van der Waals surface area contributed by atoms with Gasteiger partial charge in [-0.15, -0.1) is 0 Å². The normalized spacial score (nSPS) is 13.5. The molecule has 1 aromatic rings. The van der Waals surface area contributed by atoms with Crippen molar-refractivity contribution in [2.45, 2.75) is 58.0 Å². The SMILES string of the molecule is CC(C)(C)[Si](C)(C)OCCNC(=O)[C@H](CCO)OCc1ccccc1. The lowest BCUT2D eigenvalue weighted by Gasteiger charge is -2.36. The summed E-state index contributed by atoms with van der Waals surface area (Å²) >= 11 is 0. The summed E-state index contributed by atoms with van der Waals surface area (Å²) in [5.41, 5.74) is 1.000. The second-order valence-electron chi connectivity index (χ2n) is 7.70. The van der Waals surface area contributed by atoms with Crippen molar-refractivity contribution < 1.29 is 19.1 Å². The molecule has 0 bridgehead atoms. The monoisotopic (exact) mass is 367 g/mol. The molecule has 142 valence electrons. The molecule has 0 spiro atoms. The standard InChI is InChI=1S/C19H33NO4Si/c1-19(2,3)25(4,5)24-14-12-20-18(22)17(11-13-21)23-15-16-9-7-6-8-10-16/h6-10,17,21H,11-15H2,1-5H3,(H,20,22)/t17-/m0/s1. The number of ether oxygens (including phenoxy) is 1. The van der Waals surface area contributed by atoms with Crippen LogP contribution < -0.4 is 5.32 Å². The van der Waals surface area contributed by atoms with Crippen LogP contribution in [0.15, 0.2) is 30.3 Å². The number of hydrogen-bond acceptors (Lipinski definition) is 4. The number of nitrogens with one attached hydrogen (secondary N) is 1. The van der Waals surface area contributed by atoms with Crippen molar-refractivity contribution in [1.29, 1.82) is 0 Å². The van der Waals surface area contributed by atoms with Gasteiger partial charge in [-0.1, -0.05) is 51.1 Å². The van der Waals surface area contributed by atoms with Gasteiger partial charge in [0, 0.05) is 19.6 Å². The van der Waals surface area contributed by atoms with Gasteiger partial charge in [-0.3, -0.25) is 4.79 Å². The van der Waals surface area contributed by atoms with E-state index in [-0.39, 0.29) is 24.0 Å². The predicted octanol–water partition coefficient (Wildman–Crippen LogP) is 3.09. The highest BCUT2D eigenvalue weighted by Gasteiger charge is 2.36. The molecule has 0 radical (unpaired) electrons. The summed E-state index contributed by atoms with van der Waals surface area (Å²) in [6.45, 7) is 12.1. The minimum absolute atomic E-state index is 0.0899. The Morgan fingerprint density at radius 1 is 1.24 bits per heavy atom. The third-order valence-electron chi connectivity index (χ3n) is 4.65. The summed E-state index contributed by atoms with van der Waals surface area (Å²) in [6.07, 6.45) is -0.375. The van der Waals surface area contributed by atoms with E-state index in [0.29, 0.717) is 19.8 Å². The zero-order valence-corrected chi connectivity index (χ0v) is 17.2. The summed E-state index contributed by atoms with van der Waals surface area (Å²) in [7, 11) is -1.80. The predicted molar refractivity (Wildman–Crippen MR) is 103 cm³/mol. The highest BCUT2D eigenvalue weighted by atomic mass is 28.4. The molecule has 0 aliphatic carbocycles. The molecular weight excluding hydrogens is 334 g/mol. The highest BCUT2D eigenvalue weighted by molar-refractivity contribution is 6.74. The van der Waals surface area contributed by atoms with E-state index in [1.54, 1.807) is 0 Å². The first-order valence-corrected chi connectivity index (χ1v) is 11.8. The summed E-state index contributed by atoms with van der Waals surface area (Å²) in [5.74, 6) is -0.205. The lowest BCUT2D eigenvalue weighted by atomic mass is 10.2. The van der Waals surface area contributed by atoms with E-state index in [0.717, 1.165) is 5.56 Å². The van der Waals surface area contributed by atoms with Crippen LogP contribution in [0.5, 0.6) is 0 Å². The number of aliphatic hydroxyl groups excluding tert-OH is 1. The molecule has 1 atom stereocenters. The summed E-state index contributed by atoms with van der Waals surface area (Å²) in [6, 6.07) is 9.68. The number of hydrogen-bond donors (Lipinski definition) is 2. The van der Waals surface area contributed by atoms with Crippen LogP contribution in [0.3, 0.4) is 0 Å². The van der Waals surface area contributed by atoms with Crippen LogP contribution in [0, 0.1) is 0 Å². The number of amides is 1. The first-order chi connectivity index (χ1) is 11.7. The second kappa shape index (κ2) is 10.1. The Kier molecular flexibility index (Phi) is 8.79. The Labute approximate surface area is 152 Å². The van der Waals surface area contributed by atoms with Crippen molar-refractivity contribution in [3.63, 3.8) is 0 Å². The van der Waals surface area contributed by atoms with Gasteiger partial charge in [0.1, 0.15) is 6.10 Å². The number of rotatable bonds is 10. The van der Waals surface area contributed by atoms with Crippen LogP contribution in [-0.2, 0) is 20.6 Å². The van der Waals surface area contributed by atoms with Crippen LogP contribution in [0.1, 0.15) is 32.8 Å².